The van der Waals surface area contributed by atoms with E-state index in [-0.39, 0.29) is 18.1 Å². The minimum Gasteiger partial charge on any atom is -0.488 e. The minimum atomic E-state index is -0.565. The van der Waals surface area contributed by atoms with Crippen molar-refractivity contribution in [2.75, 3.05) is 25.6 Å². The fourth-order valence-electron chi connectivity index (χ4n) is 1.56. The van der Waals surface area contributed by atoms with Crippen molar-refractivity contribution in [2.45, 2.75) is 0 Å². The van der Waals surface area contributed by atoms with Gasteiger partial charge in [-0.25, -0.2) is 4.39 Å². The van der Waals surface area contributed by atoms with E-state index in [0.29, 0.717) is 17.0 Å². The number of hydrogen-bond acceptors (Lipinski definition) is 4. The molecule has 0 aliphatic heterocycles. The highest BCUT2D eigenvalue weighted by Crippen LogP contribution is 2.22. The monoisotopic (exact) mass is 357 g/mol. The van der Waals surface area contributed by atoms with Crippen molar-refractivity contribution in [3.05, 3.63) is 46.6 Å². The van der Waals surface area contributed by atoms with E-state index in [1.165, 1.54) is 25.3 Å². The molecule has 112 valence electrons. The van der Waals surface area contributed by atoms with Crippen LogP contribution in [0, 0.1) is 5.82 Å². The molecule has 0 bridgehead atoms. The predicted molar refractivity (Wildman–Crippen MR) is 78.1 cm³/mol. The van der Waals surface area contributed by atoms with Crippen LogP contribution in [-0.4, -0.2) is 26.2 Å². The summed E-state index contributed by atoms with van der Waals surface area (Å²) in [4.78, 5) is 11.8. The first-order chi connectivity index (χ1) is 10.1. The Bertz CT molecular complexity index is 629. The third-order valence-corrected chi connectivity index (χ3v) is 2.96. The molecule has 0 spiro atoms. The summed E-state index contributed by atoms with van der Waals surface area (Å²) in [5, 5.41) is 2.53. The van der Waals surface area contributed by atoms with Crippen LogP contribution in [0.4, 0.5) is 10.1 Å². The lowest BCUT2D eigenvalue weighted by molar-refractivity contribution is 0.0995. The van der Waals surface area contributed by atoms with E-state index in [1.54, 1.807) is 12.1 Å². The number of nitrogens with one attached hydrogen (secondary N) is 1. The topological polar surface area (TPSA) is 60.7 Å². The molecule has 1 heterocycles. The molecule has 0 aliphatic carbocycles. The first kappa shape index (κ1) is 15.5. The van der Waals surface area contributed by atoms with Gasteiger partial charge < -0.3 is 19.2 Å². The van der Waals surface area contributed by atoms with E-state index >= 15 is 0 Å². The normalized spacial score (nSPS) is 10.4. The van der Waals surface area contributed by atoms with Crippen molar-refractivity contribution < 1.29 is 23.1 Å². The van der Waals surface area contributed by atoms with Crippen molar-refractivity contribution in [1.29, 1.82) is 0 Å². The molecule has 1 N–H and O–H groups in total. The Balaban J connectivity index is 2.01. The first-order valence-electron chi connectivity index (χ1n) is 6.08. The average molecular weight is 358 g/mol. The van der Waals surface area contributed by atoms with Gasteiger partial charge in [0.15, 0.2) is 22.0 Å². The van der Waals surface area contributed by atoms with E-state index in [9.17, 15) is 9.18 Å². The molecule has 0 unspecified atom stereocenters. The molecule has 7 heteroatoms. The first-order valence-corrected chi connectivity index (χ1v) is 6.87. The van der Waals surface area contributed by atoms with Crippen LogP contribution in [0.1, 0.15) is 10.6 Å². The van der Waals surface area contributed by atoms with Gasteiger partial charge in [0.2, 0.25) is 0 Å². The fourth-order valence-corrected chi connectivity index (χ4v) is 1.87. The zero-order chi connectivity index (χ0) is 15.2. The molecule has 2 aromatic rings. The number of amides is 1. The second-order valence-corrected chi connectivity index (χ2v) is 4.83. The Morgan fingerprint density at radius 3 is 2.76 bits per heavy atom. The Morgan fingerprint density at radius 1 is 1.33 bits per heavy atom. The molecule has 0 saturated carbocycles. The van der Waals surface area contributed by atoms with Gasteiger partial charge in [-0.15, -0.1) is 0 Å². The van der Waals surface area contributed by atoms with Gasteiger partial charge >= 0.3 is 0 Å². The van der Waals surface area contributed by atoms with Crippen LogP contribution in [0.2, 0.25) is 0 Å². The number of rotatable bonds is 6. The van der Waals surface area contributed by atoms with E-state index in [0.717, 1.165) is 0 Å². The molecule has 1 aromatic heterocycles. The Morgan fingerprint density at radius 2 is 2.14 bits per heavy atom. The maximum atomic E-state index is 13.8. The van der Waals surface area contributed by atoms with Crippen molar-refractivity contribution in [3.8, 4) is 5.75 Å². The van der Waals surface area contributed by atoms with Crippen LogP contribution in [0.15, 0.2) is 39.4 Å². The summed E-state index contributed by atoms with van der Waals surface area (Å²) >= 11 is 3.10. The van der Waals surface area contributed by atoms with Gasteiger partial charge in [0.1, 0.15) is 6.61 Å². The molecule has 0 aliphatic rings. The number of carbonyl (C=O) groups is 1. The zero-order valence-electron chi connectivity index (χ0n) is 11.2. The molecule has 21 heavy (non-hydrogen) atoms. The van der Waals surface area contributed by atoms with Gasteiger partial charge in [0.25, 0.3) is 5.91 Å². The molecule has 2 rings (SSSR count). The average Bonchev–Trinajstić information content (AvgIpc) is 2.88. The minimum absolute atomic E-state index is 0.103. The standard InChI is InChI=1S/C14H13BrFNO4/c1-19-6-7-20-11-3-2-9(8-10(11)16)17-14(18)12-4-5-13(15)21-12/h2-5,8H,6-7H2,1H3,(H,17,18). The van der Waals surface area contributed by atoms with Gasteiger partial charge in [0, 0.05) is 18.9 Å². The van der Waals surface area contributed by atoms with E-state index in [4.69, 9.17) is 13.9 Å². The zero-order valence-corrected chi connectivity index (χ0v) is 12.8. The largest absolute Gasteiger partial charge is 0.488 e. The molecule has 0 fully saturated rings. The van der Waals surface area contributed by atoms with E-state index < -0.39 is 11.7 Å². The fraction of sp³-hybridized carbons (Fsp3) is 0.214. The number of methoxy groups -OCH3 is 1. The third-order valence-electron chi connectivity index (χ3n) is 2.53. The quantitative estimate of drug-likeness (QED) is 0.804. The van der Waals surface area contributed by atoms with Crippen molar-refractivity contribution in [2.24, 2.45) is 0 Å². The highest BCUT2D eigenvalue weighted by molar-refractivity contribution is 9.10. The number of ether oxygens (including phenoxy) is 2. The summed E-state index contributed by atoms with van der Waals surface area (Å²) in [6.07, 6.45) is 0. The summed E-state index contributed by atoms with van der Waals surface area (Å²) in [5.74, 6) is -0.800. The van der Waals surface area contributed by atoms with Crippen LogP contribution < -0.4 is 10.1 Å². The summed E-state index contributed by atoms with van der Waals surface area (Å²) < 4.78 is 29.3. The molecule has 0 saturated heterocycles. The van der Waals surface area contributed by atoms with Crippen molar-refractivity contribution in [3.63, 3.8) is 0 Å². The number of halogens is 2. The van der Waals surface area contributed by atoms with Gasteiger partial charge in [-0.2, -0.15) is 0 Å². The molecule has 1 amide bonds. The summed E-state index contributed by atoms with van der Waals surface area (Å²) in [5.41, 5.74) is 0.309. The number of benzene rings is 1. The lowest BCUT2D eigenvalue weighted by Crippen LogP contribution is -2.11. The smallest absolute Gasteiger partial charge is 0.291 e. The SMILES string of the molecule is COCCOc1ccc(NC(=O)c2ccc(Br)o2)cc1F. The van der Waals surface area contributed by atoms with Gasteiger partial charge in [0.05, 0.1) is 6.61 Å². The number of hydrogen-bond donors (Lipinski definition) is 1. The van der Waals surface area contributed by atoms with Crippen LogP contribution in [-0.2, 0) is 4.74 Å². The highest BCUT2D eigenvalue weighted by atomic mass is 79.9. The number of furan rings is 1. The molecule has 5 nitrogen and oxygen atoms in total. The second kappa shape index (κ2) is 7.24. The lowest BCUT2D eigenvalue weighted by atomic mass is 10.2. The molecule has 0 radical (unpaired) electrons. The Kier molecular flexibility index (Phi) is 5.35. The van der Waals surface area contributed by atoms with Crippen LogP contribution in [0.5, 0.6) is 5.75 Å². The maximum absolute atomic E-state index is 13.8. The van der Waals surface area contributed by atoms with Crippen LogP contribution in [0.25, 0.3) is 0 Å². The van der Waals surface area contributed by atoms with Crippen molar-refractivity contribution >= 4 is 27.5 Å². The number of anilines is 1. The molecular weight excluding hydrogens is 345 g/mol. The van der Waals surface area contributed by atoms with Crippen LogP contribution in [0.3, 0.4) is 0 Å². The number of carbonyl (C=O) groups excluding carboxylic acids is 1. The molecule has 0 atom stereocenters. The van der Waals surface area contributed by atoms with E-state index in [1.807, 2.05) is 0 Å². The summed E-state index contributed by atoms with van der Waals surface area (Å²) in [6, 6.07) is 7.28. The van der Waals surface area contributed by atoms with Gasteiger partial charge in [-0.1, -0.05) is 0 Å². The maximum Gasteiger partial charge on any atom is 0.291 e. The van der Waals surface area contributed by atoms with E-state index in [2.05, 4.69) is 21.2 Å². The third kappa shape index (κ3) is 4.30. The Labute approximate surface area is 129 Å². The van der Waals surface area contributed by atoms with Crippen molar-refractivity contribution in [1.82, 2.24) is 0 Å². The summed E-state index contributed by atoms with van der Waals surface area (Å²) in [7, 11) is 1.53. The lowest BCUT2D eigenvalue weighted by Gasteiger charge is -2.08. The molecular formula is C14H13BrFNO4. The van der Waals surface area contributed by atoms with Gasteiger partial charge in [-0.05, 0) is 40.2 Å². The predicted octanol–water partition coefficient (Wildman–Crippen LogP) is 3.46. The Hall–Kier alpha value is -1.86. The molecule has 1 aromatic carbocycles. The second-order valence-electron chi connectivity index (χ2n) is 4.04. The van der Waals surface area contributed by atoms with Gasteiger partial charge in [-0.3, -0.25) is 4.79 Å². The summed E-state index contributed by atoms with van der Waals surface area (Å²) in [6.45, 7) is 0.616. The van der Waals surface area contributed by atoms with Crippen LogP contribution >= 0.6 is 15.9 Å². The highest BCUT2D eigenvalue weighted by Gasteiger charge is 2.12.